The fourth-order valence-corrected chi connectivity index (χ4v) is 1.11. The lowest BCUT2D eigenvalue weighted by molar-refractivity contribution is 0.0583. The summed E-state index contributed by atoms with van der Waals surface area (Å²) >= 11 is 0. The van der Waals surface area contributed by atoms with Crippen LogP contribution in [-0.4, -0.2) is 24.2 Å². The van der Waals surface area contributed by atoms with Crippen molar-refractivity contribution in [2.75, 3.05) is 7.11 Å². The van der Waals surface area contributed by atoms with E-state index in [0.717, 1.165) is 7.11 Å². The summed E-state index contributed by atoms with van der Waals surface area (Å²) in [7, 11) is 1.09. The highest BCUT2D eigenvalue weighted by Crippen LogP contribution is 2.23. The lowest BCUT2D eigenvalue weighted by Crippen LogP contribution is -2.10. The van der Waals surface area contributed by atoms with Gasteiger partial charge < -0.3 is 9.84 Å². The van der Waals surface area contributed by atoms with Crippen molar-refractivity contribution >= 4 is 17.6 Å². The molecule has 0 spiro atoms. The van der Waals surface area contributed by atoms with E-state index in [4.69, 9.17) is 5.11 Å². The third-order valence-electron chi connectivity index (χ3n) is 1.76. The molecule has 0 fully saturated rings. The summed E-state index contributed by atoms with van der Waals surface area (Å²) in [5, 5.41) is 11.3. The number of hydrogen-bond donors (Lipinski definition) is 1. The highest BCUT2D eigenvalue weighted by Gasteiger charge is 2.21. The first-order chi connectivity index (χ1) is 7.11. The molecular formula is C9H7NO5. The number of benzene rings is 1. The van der Waals surface area contributed by atoms with E-state index in [1.165, 1.54) is 18.2 Å². The molecule has 0 heterocycles. The van der Waals surface area contributed by atoms with Gasteiger partial charge in [0.25, 0.3) is 0 Å². The zero-order valence-electron chi connectivity index (χ0n) is 7.76. The second-order valence-electron chi connectivity index (χ2n) is 2.59. The van der Waals surface area contributed by atoms with Crippen LogP contribution in [0.25, 0.3) is 0 Å². The average Bonchev–Trinajstić information content (AvgIpc) is 2.26. The van der Waals surface area contributed by atoms with Gasteiger partial charge in [-0.15, -0.1) is 4.91 Å². The number of aromatic carboxylic acids is 1. The van der Waals surface area contributed by atoms with Gasteiger partial charge in [-0.1, -0.05) is 6.07 Å². The Kier molecular flexibility index (Phi) is 3.12. The molecule has 0 bridgehead atoms. The second-order valence-corrected chi connectivity index (χ2v) is 2.59. The molecule has 0 atom stereocenters. The minimum atomic E-state index is -1.32. The summed E-state index contributed by atoms with van der Waals surface area (Å²) in [5.74, 6) is -2.22. The van der Waals surface area contributed by atoms with E-state index in [1.54, 1.807) is 0 Å². The molecule has 78 valence electrons. The van der Waals surface area contributed by atoms with Crippen LogP contribution in [0.1, 0.15) is 20.7 Å². The van der Waals surface area contributed by atoms with Crippen LogP contribution in [0.4, 0.5) is 5.69 Å². The summed E-state index contributed by atoms with van der Waals surface area (Å²) in [6.07, 6.45) is 0. The van der Waals surface area contributed by atoms with Crippen LogP contribution in [0.15, 0.2) is 23.4 Å². The zero-order chi connectivity index (χ0) is 11.4. The maximum atomic E-state index is 11.2. The Hall–Kier alpha value is -2.24. The normalized spacial score (nSPS) is 9.40. The fraction of sp³-hybridized carbons (Fsp3) is 0.111. The van der Waals surface area contributed by atoms with Crippen molar-refractivity contribution in [2.45, 2.75) is 0 Å². The summed E-state index contributed by atoms with van der Waals surface area (Å²) in [4.78, 5) is 32.4. The third-order valence-corrected chi connectivity index (χ3v) is 1.76. The molecule has 0 aliphatic heterocycles. The molecule has 0 amide bonds. The summed E-state index contributed by atoms with van der Waals surface area (Å²) in [6.45, 7) is 0. The van der Waals surface area contributed by atoms with E-state index < -0.39 is 11.9 Å². The van der Waals surface area contributed by atoms with Gasteiger partial charge in [-0.25, -0.2) is 9.59 Å². The summed E-state index contributed by atoms with van der Waals surface area (Å²) in [6, 6.07) is 3.77. The van der Waals surface area contributed by atoms with E-state index in [1.807, 2.05) is 0 Å². The minimum absolute atomic E-state index is 0.248. The van der Waals surface area contributed by atoms with Crippen molar-refractivity contribution in [3.63, 3.8) is 0 Å². The number of ether oxygens (including phenoxy) is 1. The SMILES string of the molecule is COC(=O)c1c(N=O)cccc1C(=O)O. The average molecular weight is 209 g/mol. The number of rotatable bonds is 3. The molecule has 15 heavy (non-hydrogen) atoms. The Morgan fingerprint density at radius 2 is 2.07 bits per heavy atom. The van der Waals surface area contributed by atoms with Crippen LogP contribution in [0.3, 0.4) is 0 Å². The van der Waals surface area contributed by atoms with E-state index in [-0.39, 0.29) is 16.8 Å². The molecule has 0 unspecified atom stereocenters. The maximum Gasteiger partial charge on any atom is 0.341 e. The first-order valence-electron chi connectivity index (χ1n) is 3.89. The topological polar surface area (TPSA) is 93.0 Å². The summed E-state index contributed by atoms with van der Waals surface area (Å²) in [5.41, 5.74) is -0.886. The number of methoxy groups -OCH3 is 1. The van der Waals surface area contributed by atoms with Crippen LogP contribution in [0, 0.1) is 4.91 Å². The van der Waals surface area contributed by atoms with Crippen molar-refractivity contribution in [2.24, 2.45) is 5.18 Å². The molecule has 6 heteroatoms. The third kappa shape index (κ3) is 1.98. The van der Waals surface area contributed by atoms with E-state index in [0.29, 0.717) is 0 Å². The fourth-order valence-electron chi connectivity index (χ4n) is 1.11. The van der Waals surface area contributed by atoms with Gasteiger partial charge in [-0.3, -0.25) is 0 Å². The highest BCUT2D eigenvalue weighted by molar-refractivity contribution is 6.05. The Labute approximate surface area is 84.5 Å². The molecule has 0 saturated carbocycles. The van der Waals surface area contributed by atoms with Crippen molar-refractivity contribution in [1.29, 1.82) is 0 Å². The molecule has 1 aromatic rings. The van der Waals surface area contributed by atoms with Gasteiger partial charge in [-0.05, 0) is 17.3 Å². The van der Waals surface area contributed by atoms with Crippen LogP contribution < -0.4 is 0 Å². The molecule has 1 rings (SSSR count). The molecule has 6 nitrogen and oxygen atoms in total. The number of nitrogens with zero attached hydrogens (tertiary/aromatic N) is 1. The van der Waals surface area contributed by atoms with Gasteiger partial charge in [0.1, 0.15) is 11.3 Å². The predicted molar refractivity (Wildman–Crippen MR) is 50.2 cm³/mol. The van der Waals surface area contributed by atoms with E-state index in [2.05, 4.69) is 9.91 Å². The van der Waals surface area contributed by atoms with E-state index >= 15 is 0 Å². The number of carbonyl (C=O) groups excluding carboxylic acids is 1. The summed E-state index contributed by atoms with van der Waals surface area (Å²) < 4.78 is 4.37. The molecule has 0 aliphatic rings. The first-order valence-corrected chi connectivity index (χ1v) is 3.89. The van der Waals surface area contributed by atoms with Gasteiger partial charge >= 0.3 is 11.9 Å². The van der Waals surface area contributed by atoms with Crippen molar-refractivity contribution in [3.8, 4) is 0 Å². The van der Waals surface area contributed by atoms with Crippen LogP contribution in [0.2, 0.25) is 0 Å². The number of carboxylic acid groups (broad SMARTS) is 1. The minimum Gasteiger partial charge on any atom is -0.478 e. The molecule has 0 aromatic heterocycles. The smallest absolute Gasteiger partial charge is 0.341 e. The standard InChI is InChI=1S/C9H7NO5/c1-15-9(13)7-5(8(11)12)3-2-4-6(7)10-14/h2-4H,1H3,(H,11,12). The molecule has 0 aliphatic carbocycles. The number of carbonyl (C=O) groups is 2. The number of carboxylic acids is 1. The Balaban J connectivity index is 3.46. The molecule has 0 radical (unpaired) electrons. The van der Waals surface area contributed by atoms with Gasteiger partial charge in [0, 0.05) is 0 Å². The highest BCUT2D eigenvalue weighted by atomic mass is 16.5. The second kappa shape index (κ2) is 4.32. The number of esters is 1. The Morgan fingerprint density at radius 3 is 2.53 bits per heavy atom. The van der Waals surface area contributed by atoms with Crippen molar-refractivity contribution < 1.29 is 19.4 Å². The monoisotopic (exact) mass is 209 g/mol. The molecule has 1 aromatic carbocycles. The van der Waals surface area contributed by atoms with Crippen molar-refractivity contribution in [1.82, 2.24) is 0 Å². The first kappa shape index (κ1) is 10.8. The van der Waals surface area contributed by atoms with Crippen LogP contribution in [-0.2, 0) is 4.74 Å². The molecule has 1 N–H and O–H groups in total. The zero-order valence-corrected chi connectivity index (χ0v) is 7.76. The van der Waals surface area contributed by atoms with Crippen LogP contribution >= 0.6 is 0 Å². The maximum absolute atomic E-state index is 11.2. The molecular weight excluding hydrogens is 202 g/mol. The lowest BCUT2D eigenvalue weighted by atomic mass is 10.1. The van der Waals surface area contributed by atoms with Crippen molar-refractivity contribution in [3.05, 3.63) is 34.2 Å². The van der Waals surface area contributed by atoms with Gasteiger partial charge in [0.15, 0.2) is 0 Å². The predicted octanol–water partition coefficient (Wildman–Crippen LogP) is 1.57. The molecule has 0 saturated heterocycles. The largest absolute Gasteiger partial charge is 0.478 e. The van der Waals surface area contributed by atoms with Gasteiger partial charge in [0.2, 0.25) is 0 Å². The Bertz CT molecular complexity index is 427. The Morgan fingerprint density at radius 1 is 1.40 bits per heavy atom. The number of nitroso groups, excluding NO2 is 1. The number of hydrogen-bond acceptors (Lipinski definition) is 5. The van der Waals surface area contributed by atoms with Crippen LogP contribution in [0.5, 0.6) is 0 Å². The van der Waals surface area contributed by atoms with Gasteiger partial charge in [-0.2, -0.15) is 0 Å². The van der Waals surface area contributed by atoms with Gasteiger partial charge in [0.05, 0.1) is 12.7 Å². The van der Waals surface area contributed by atoms with E-state index in [9.17, 15) is 14.5 Å². The quantitative estimate of drug-likeness (QED) is 0.602. The lowest BCUT2D eigenvalue weighted by Gasteiger charge is -2.04.